The van der Waals surface area contributed by atoms with Gasteiger partial charge >= 0.3 is 0 Å². The second-order valence-corrected chi connectivity index (χ2v) is 7.45. The Hall–Kier alpha value is -3.17. The minimum absolute atomic E-state index is 0.284. The van der Waals surface area contributed by atoms with Gasteiger partial charge in [-0.15, -0.1) is 0 Å². The first-order chi connectivity index (χ1) is 14.4. The minimum Gasteiger partial charge on any atom is -0.495 e. The van der Waals surface area contributed by atoms with Gasteiger partial charge in [-0.25, -0.2) is 4.90 Å². The van der Waals surface area contributed by atoms with Crippen molar-refractivity contribution in [3.05, 3.63) is 52.5 Å². The number of carbonyl (C=O) groups excluding carboxylic acids is 3. The highest BCUT2D eigenvalue weighted by Crippen LogP contribution is 2.32. The SMILES string of the molecule is COc1ccc(Cl)cc1NC(=O)CN1N=N[C@H]2C(=O)N(c3ccc(Cl)cc3)C(=O)[C@@H]21. The first kappa shape index (κ1) is 20.1. The molecule has 11 heteroatoms. The van der Waals surface area contributed by atoms with Crippen molar-refractivity contribution in [2.24, 2.45) is 10.3 Å². The van der Waals surface area contributed by atoms with Crippen molar-refractivity contribution >= 4 is 52.3 Å². The monoisotopic (exact) mass is 447 g/mol. The minimum atomic E-state index is -0.998. The number of halogens is 2. The summed E-state index contributed by atoms with van der Waals surface area (Å²) in [6.07, 6.45) is 0. The zero-order valence-corrected chi connectivity index (χ0v) is 17.1. The molecule has 2 aromatic rings. The second-order valence-electron chi connectivity index (χ2n) is 6.57. The highest BCUT2D eigenvalue weighted by molar-refractivity contribution is 6.31. The first-order valence-electron chi connectivity index (χ1n) is 8.83. The Labute approximate surface area is 181 Å². The summed E-state index contributed by atoms with van der Waals surface area (Å²) in [5.74, 6) is -1.06. The van der Waals surface area contributed by atoms with E-state index >= 15 is 0 Å². The number of fused-ring (bicyclic) bond motifs is 1. The van der Waals surface area contributed by atoms with Crippen LogP contribution in [0.25, 0.3) is 0 Å². The maximum absolute atomic E-state index is 12.9. The standard InChI is InChI=1S/C19H15Cl2N5O4/c1-30-14-7-4-11(21)8-13(14)22-15(27)9-25-17-16(23-24-25)18(28)26(19(17)29)12-5-2-10(20)3-6-12/h2-8,16-17H,9H2,1H3,(H,22,27)/t16-,17-/m1/s1. The third-order valence-electron chi connectivity index (χ3n) is 4.68. The molecular weight excluding hydrogens is 433 g/mol. The number of nitrogens with one attached hydrogen (secondary N) is 1. The molecule has 1 fully saturated rings. The number of methoxy groups -OCH3 is 1. The molecule has 0 aromatic heterocycles. The molecule has 0 aliphatic carbocycles. The topological polar surface area (TPSA) is 104 Å². The van der Waals surface area contributed by atoms with E-state index < -0.39 is 29.8 Å². The summed E-state index contributed by atoms with van der Waals surface area (Å²) in [4.78, 5) is 39.2. The van der Waals surface area contributed by atoms with E-state index in [0.717, 1.165) is 4.90 Å². The Kier molecular flexibility index (Phi) is 5.31. The summed E-state index contributed by atoms with van der Waals surface area (Å²) in [5.41, 5.74) is 0.756. The van der Waals surface area contributed by atoms with Crippen LogP contribution in [-0.4, -0.2) is 48.5 Å². The van der Waals surface area contributed by atoms with Crippen LogP contribution in [0.5, 0.6) is 5.75 Å². The molecule has 0 saturated carbocycles. The molecule has 0 bridgehead atoms. The lowest BCUT2D eigenvalue weighted by atomic mass is 10.1. The molecule has 9 nitrogen and oxygen atoms in total. The normalized spacial score (nSPS) is 20.0. The van der Waals surface area contributed by atoms with Crippen molar-refractivity contribution in [1.82, 2.24) is 5.01 Å². The van der Waals surface area contributed by atoms with Crippen LogP contribution in [0.1, 0.15) is 0 Å². The molecule has 0 spiro atoms. The van der Waals surface area contributed by atoms with E-state index in [4.69, 9.17) is 27.9 Å². The summed E-state index contributed by atoms with van der Waals surface area (Å²) in [6, 6.07) is 9.10. The number of imide groups is 1. The van der Waals surface area contributed by atoms with Crippen molar-refractivity contribution in [2.45, 2.75) is 12.1 Å². The molecule has 2 heterocycles. The average Bonchev–Trinajstić information content (AvgIpc) is 3.23. The third-order valence-corrected chi connectivity index (χ3v) is 5.17. The van der Waals surface area contributed by atoms with E-state index in [1.54, 1.807) is 42.5 Å². The molecule has 2 atom stereocenters. The average molecular weight is 448 g/mol. The highest BCUT2D eigenvalue weighted by atomic mass is 35.5. The number of rotatable bonds is 5. The van der Waals surface area contributed by atoms with Crippen molar-refractivity contribution < 1.29 is 19.1 Å². The lowest BCUT2D eigenvalue weighted by molar-refractivity contribution is -0.123. The zero-order valence-electron chi connectivity index (χ0n) is 15.6. The highest BCUT2D eigenvalue weighted by Gasteiger charge is 2.55. The Bertz CT molecular complexity index is 1060. The predicted molar refractivity (Wildman–Crippen MR) is 110 cm³/mol. The lowest BCUT2D eigenvalue weighted by Crippen LogP contribution is -2.43. The molecule has 2 aliphatic heterocycles. The number of benzene rings is 2. The van der Waals surface area contributed by atoms with Crippen LogP contribution < -0.4 is 15.0 Å². The maximum atomic E-state index is 12.9. The largest absolute Gasteiger partial charge is 0.495 e. The van der Waals surface area contributed by atoms with E-state index in [2.05, 4.69) is 15.7 Å². The molecule has 2 aliphatic rings. The molecule has 2 aromatic carbocycles. The second kappa shape index (κ2) is 7.92. The number of nitrogens with zero attached hydrogens (tertiary/aromatic N) is 4. The Morgan fingerprint density at radius 1 is 1.10 bits per heavy atom. The zero-order chi connectivity index (χ0) is 21.4. The van der Waals surface area contributed by atoms with Gasteiger partial charge in [0.1, 0.15) is 12.3 Å². The fraction of sp³-hybridized carbons (Fsp3) is 0.211. The summed E-state index contributed by atoms with van der Waals surface area (Å²) in [7, 11) is 1.46. The lowest BCUT2D eigenvalue weighted by Gasteiger charge is -2.20. The van der Waals surface area contributed by atoms with Gasteiger partial charge in [-0.3, -0.25) is 19.4 Å². The summed E-state index contributed by atoms with van der Waals surface area (Å²) in [5, 5.41) is 12.5. The van der Waals surface area contributed by atoms with Gasteiger partial charge in [0.25, 0.3) is 11.8 Å². The van der Waals surface area contributed by atoms with Crippen molar-refractivity contribution in [2.75, 3.05) is 23.9 Å². The Balaban J connectivity index is 1.49. The van der Waals surface area contributed by atoms with E-state index in [-0.39, 0.29) is 6.54 Å². The number of hydrogen-bond acceptors (Lipinski definition) is 7. The van der Waals surface area contributed by atoms with E-state index in [0.29, 0.717) is 27.2 Å². The van der Waals surface area contributed by atoms with Gasteiger partial charge in [0, 0.05) is 10.0 Å². The van der Waals surface area contributed by atoms with Gasteiger partial charge in [-0.05, 0) is 42.5 Å². The third kappa shape index (κ3) is 3.57. The number of ether oxygens (including phenoxy) is 1. The summed E-state index contributed by atoms with van der Waals surface area (Å²) < 4.78 is 5.20. The van der Waals surface area contributed by atoms with E-state index in [1.165, 1.54) is 12.1 Å². The van der Waals surface area contributed by atoms with Crippen molar-refractivity contribution in [1.29, 1.82) is 0 Å². The van der Waals surface area contributed by atoms with E-state index in [1.807, 2.05) is 0 Å². The number of carbonyl (C=O) groups is 3. The maximum Gasteiger partial charge on any atom is 0.263 e. The van der Waals surface area contributed by atoms with Crippen LogP contribution in [0.15, 0.2) is 52.8 Å². The summed E-state index contributed by atoms with van der Waals surface area (Å²) >= 11 is 11.8. The number of hydrogen-bond donors (Lipinski definition) is 1. The summed E-state index contributed by atoms with van der Waals surface area (Å²) in [6.45, 7) is -0.284. The van der Waals surface area contributed by atoms with Gasteiger partial charge in [-0.1, -0.05) is 28.4 Å². The Morgan fingerprint density at radius 2 is 1.80 bits per heavy atom. The predicted octanol–water partition coefficient (Wildman–Crippen LogP) is 2.93. The number of amides is 3. The van der Waals surface area contributed by atoms with Gasteiger partial charge in [0.05, 0.1) is 18.5 Å². The van der Waals surface area contributed by atoms with Crippen LogP contribution >= 0.6 is 23.2 Å². The molecule has 154 valence electrons. The fourth-order valence-corrected chi connectivity index (χ4v) is 3.61. The van der Waals surface area contributed by atoms with Crippen LogP contribution in [0, 0.1) is 0 Å². The molecule has 30 heavy (non-hydrogen) atoms. The molecular formula is C19H15Cl2N5O4. The van der Waals surface area contributed by atoms with Crippen LogP contribution in [-0.2, 0) is 14.4 Å². The quantitative estimate of drug-likeness (QED) is 0.709. The molecule has 0 radical (unpaired) electrons. The van der Waals surface area contributed by atoms with Crippen LogP contribution in [0.2, 0.25) is 10.0 Å². The molecule has 0 unspecified atom stereocenters. The smallest absolute Gasteiger partial charge is 0.263 e. The van der Waals surface area contributed by atoms with Crippen molar-refractivity contribution in [3.8, 4) is 5.75 Å². The van der Waals surface area contributed by atoms with Crippen LogP contribution in [0.3, 0.4) is 0 Å². The van der Waals surface area contributed by atoms with Crippen molar-refractivity contribution in [3.63, 3.8) is 0 Å². The fourth-order valence-electron chi connectivity index (χ4n) is 3.31. The van der Waals surface area contributed by atoms with Gasteiger partial charge < -0.3 is 10.1 Å². The number of anilines is 2. The van der Waals surface area contributed by atoms with Gasteiger partial charge in [0.15, 0.2) is 12.1 Å². The molecule has 3 amide bonds. The molecule has 4 rings (SSSR count). The molecule has 1 saturated heterocycles. The van der Waals surface area contributed by atoms with Gasteiger partial charge in [-0.2, -0.15) is 5.11 Å². The van der Waals surface area contributed by atoms with Crippen LogP contribution in [0.4, 0.5) is 11.4 Å². The van der Waals surface area contributed by atoms with E-state index in [9.17, 15) is 14.4 Å². The Morgan fingerprint density at radius 3 is 2.50 bits per heavy atom. The van der Waals surface area contributed by atoms with Gasteiger partial charge in [0.2, 0.25) is 5.91 Å². The molecule has 1 N–H and O–H groups in total. The first-order valence-corrected chi connectivity index (χ1v) is 9.59.